The second-order valence-corrected chi connectivity index (χ2v) is 6.51. The number of hydrogen-bond donors (Lipinski definition) is 0. The van der Waals surface area contributed by atoms with E-state index in [9.17, 15) is 14.9 Å². The van der Waals surface area contributed by atoms with E-state index in [1.807, 2.05) is 42.5 Å². The van der Waals surface area contributed by atoms with Crippen LogP contribution in [0.1, 0.15) is 30.5 Å². The standard InChI is InChI=1S/C21H17N3O3/c1-14(25)23-21(16-9-11-17(12-10-16)24(26)27)13-20(22-23)19-8-4-6-15-5-2-3-7-18(15)19/h2-12,21H,13H2,1H3. The molecule has 0 bridgehead atoms. The van der Waals surface area contributed by atoms with E-state index in [0.29, 0.717) is 6.42 Å². The van der Waals surface area contributed by atoms with Crippen LogP contribution in [0.5, 0.6) is 0 Å². The molecule has 0 saturated heterocycles. The molecule has 3 aromatic rings. The van der Waals surface area contributed by atoms with Gasteiger partial charge in [0.2, 0.25) is 5.91 Å². The molecule has 0 radical (unpaired) electrons. The van der Waals surface area contributed by atoms with E-state index in [-0.39, 0.29) is 17.6 Å². The highest BCUT2D eigenvalue weighted by Crippen LogP contribution is 2.35. The van der Waals surface area contributed by atoms with Gasteiger partial charge < -0.3 is 0 Å². The fourth-order valence-corrected chi connectivity index (χ4v) is 3.52. The predicted octanol–water partition coefficient (Wildman–Crippen LogP) is 4.45. The van der Waals surface area contributed by atoms with Gasteiger partial charge in [0, 0.05) is 31.0 Å². The predicted molar refractivity (Wildman–Crippen MR) is 103 cm³/mol. The molecule has 0 N–H and O–H groups in total. The van der Waals surface area contributed by atoms with Crippen LogP contribution in [-0.4, -0.2) is 21.6 Å². The van der Waals surface area contributed by atoms with Crippen LogP contribution in [-0.2, 0) is 4.79 Å². The average Bonchev–Trinajstić information content (AvgIpc) is 3.13. The summed E-state index contributed by atoms with van der Waals surface area (Å²) in [6, 6.07) is 20.2. The molecule has 4 rings (SSSR count). The Bertz CT molecular complexity index is 1070. The minimum Gasteiger partial charge on any atom is -0.273 e. The van der Waals surface area contributed by atoms with Crippen LogP contribution in [0.3, 0.4) is 0 Å². The Hall–Kier alpha value is -3.54. The number of nitro groups is 1. The van der Waals surface area contributed by atoms with Crippen molar-refractivity contribution in [3.63, 3.8) is 0 Å². The van der Waals surface area contributed by atoms with Gasteiger partial charge in [-0.3, -0.25) is 14.9 Å². The summed E-state index contributed by atoms with van der Waals surface area (Å²) in [5.41, 5.74) is 2.70. The van der Waals surface area contributed by atoms with Gasteiger partial charge in [0.05, 0.1) is 16.7 Å². The van der Waals surface area contributed by atoms with Gasteiger partial charge in [-0.15, -0.1) is 0 Å². The lowest BCUT2D eigenvalue weighted by Crippen LogP contribution is -2.24. The Morgan fingerprint density at radius 2 is 1.78 bits per heavy atom. The molecule has 1 unspecified atom stereocenters. The van der Waals surface area contributed by atoms with Crippen molar-refractivity contribution in [2.24, 2.45) is 5.10 Å². The Labute approximate surface area is 155 Å². The van der Waals surface area contributed by atoms with E-state index < -0.39 is 4.92 Å². The molecule has 0 saturated carbocycles. The first-order valence-corrected chi connectivity index (χ1v) is 8.64. The number of carbonyl (C=O) groups is 1. The van der Waals surface area contributed by atoms with Crippen molar-refractivity contribution >= 4 is 28.1 Å². The van der Waals surface area contributed by atoms with Gasteiger partial charge >= 0.3 is 0 Å². The molecule has 1 heterocycles. The molecule has 1 aliphatic heterocycles. The lowest BCUT2D eigenvalue weighted by atomic mass is 9.95. The third kappa shape index (κ3) is 3.06. The lowest BCUT2D eigenvalue weighted by Gasteiger charge is -2.20. The number of rotatable bonds is 3. The van der Waals surface area contributed by atoms with Gasteiger partial charge in [-0.05, 0) is 16.3 Å². The van der Waals surface area contributed by atoms with Gasteiger partial charge in [0.15, 0.2) is 0 Å². The average molecular weight is 359 g/mol. The first-order valence-electron chi connectivity index (χ1n) is 8.64. The zero-order chi connectivity index (χ0) is 19.0. The molecular weight excluding hydrogens is 342 g/mol. The minimum atomic E-state index is -0.431. The molecule has 3 aromatic carbocycles. The van der Waals surface area contributed by atoms with Gasteiger partial charge in [-0.25, -0.2) is 5.01 Å². The quantitative estimate of drug-likeness (QED) is 0.512. The molecule has 0 fully saturated rings. The molecule has 0 spiro atoms. The van der Waals surface area contributed by atoms with Crippen LogP contribution in [0.2, 0.25) is 0 Å². The maximum Gasteiger partial charge on any atom is 0.269 e. The van der Waals surface area contributed by atoms with E-state index in [0.717, 1.165) is 27.6 Å². The first kappa shape index (κ1) is 16.9. The van der Waals surface area contributed by atoms with Crippen LogP contribution in [0, 0.1) is 10.1 Å². The van der Waals surface area contributed by atoms with Crippen LogP contribution in [0.25, 0.3) is 10.8 Å². The number of hydrogen-bond acceptors (Lipinski definition) is 4. The monoisotopic (exact) mass is 359 g/mol. The van der Waals surface area contributed by atoms with E-state index in [4.69, 9.17) is 0 Å². The van der Waals surface area contributed by atoms with E-state index in [2.05, 4.69) is 5.10 Å². The number of amides is 1. The summed E-state index contributed by atoms with van der Waals surface area (Å²) in [4.78, 5) is 22.6. The highest BCUT2D eigenvalue weighted by molar-refractivity contribution is 6.12. The molecule has 1 amide bonds. The summed E-state index contributed by atoms with van der Waals surface area (Å²) in [7, 11) is 0. The molecule has 134 valence electrons. The van der Waals surface area contributed by atoms with Crippen molar-refractivity contribution < 1.29 is 9.72 Å². The molecule has 1 aliphatic rings. The summed E-state index contributed by atoms with van der Waals surface area (Å²) in [5.74, 6) is -0.159. The molecule has 0 aromatic heterocycles. The second-order valence-electron chi connectivity index (χ2n) is 6.51. The number of benzene rings is 3. The minimum absolute atomic E-state index is 0.0290. The van der Waals surface area contributed by atoms with Crippen LogP contribution in [0.4, 0.5) is 5.69 Å². The van der Waals surface area contributed by atoms with E-state index in [1.54, 1.807) is 12.1 Å². The Morgan fingerprint density at radius 1 is 1.07 bits per heavy atom. The third-order valence-corrected chi connectivity index (χ3v) is 4.82. The fraction of sp³-hybridized carbons (Fsp3) is 0.143. The van der Waals surface area contributed by atoms with E-state index in [1.165, 1.54) is 24.1 Å². The molecule has 27 heavy (non-hydrogen) atoms. The van der Waals surface area contributed by atoms with Gasteiger partial charge in [-0.1, -0.05) is 54.6 Å². The van der Waals surface area contributed by atoms with Gasteiger partial charge in [-0.2, -0.15) is 5.10 Å². The SMILES string of the molecule is CC(=O)N1N=C(c2cccc3ccccc23)CC1c1ccc([N+](=O)[O-])cc1. The molecular formula is C21H17N3O3. The smallest absolute Gasteiger partial charge is 0.269 e. The van der Waals surface area contributed by atoms with Crippen LogP contribution in [0.15, 0.2) is 71.8 Å². The molecule has 6 nitrogen and oxygen atoms in total. The number of nitro benzene ring substituents is 1. The number of fused-ring (bicyclic) bond motifs is 1. The fourth-order valence-electron chi connectivity index (χ4n) is 3.52. The zero-order valence-electron chi connectivity index (χ0n) is 14.7. The Kier molecular flexibility index (Phi) is 4.16. The molecule has 1 atom stereocenters. The number of nitrogens with zero attached hydrogens (tertiary/aromatic N) is 3. The molecule has 6 heteroatoms. The maximum atomic E-state index is 12.2. The van der Waals surface area contributed by atoms with Crippen molar-refractivity contribution in [2.75, 3.05) is 0 Å². The summed E-state index contributed by atoms with van der Waals surface area (Å²) >= 11 is 0. The van der Waals surface area contributed by atoms with Crippen molar-refractivity contribution in [1.29, 1.82) is 0 Å². The highest BCUT2D eigenvalue weighted by Gasteiger charge is 2.32. The summed E-state index contributed by atoms with van der Waals surface area (Å²) in [6.45, 7) is 1.48. The van der Waals surface area contributed by atoms with E-state index >= 15 is 0 Å². The van der Waals surface area contributed by atoms with Crippen molar-refractivity contribution in [2.45, 2.75) is 19.4 Å². The highest BCUT2D eigenvalue weighted by atomic mass is 16.6. The number of carbonyl (C=O) groups excluding carboxylic acids is 1. The zero-order valence-corrected chi connectivity index (χ0v) is 14.7. The van der Waals surface area contributed by atoms with Crippen molar-refractivity contribution in [3.8, 4) is 0 Å². The summed E-state index contributed by atoms with van der Waals surface area (Å²) < 4.78 is 0. The largest absolute Gasteiger partial charge is 0.273 e. The second kappa shape index (κ2) is 6.64. The number of hydrazone groups is 1. The summed E-state index contributed by atoms with van der Waals surface area (Å²) in [5, 5.41) is 19.2. The third-order valence-electron chi connectivity index (χ3n) is 4.82. The Balaban J connectivity index is 1.73. The van der Waals surface area contributed by atoms with Crippen molar-refractivity contribution in [3.05, 3.63) is 88.0 Å². The van der Waals surface area contributed by atoms with Crippen molar-refractivity contribution in [1.82, 2.24) is 5.01 Å². The van der Waals surface area contributed by atoms with Crippen LogP contribution >= 0.6 is 0 Å². The topological polar surface area (TPSA) is 75.8 Å². The lowest BCUT2D eigenvalue weighted by molar-refractivity contribution is -0.384. The van der Waals surface area contributed by atoms with Crippen LogP contribution < -0.4 is 0 Å². The Morgan fingerprint density at radius 3 is 2.48 bits per heavy atom. The maximum absolute atomic E-state index is 12.2. The van der Waals surface area contributed by atoms with Gasteiger partial charge in [0.1, 0.15) is 0 Å². The normalized spacial score (nSPS) is 16.4. The van der Waals surface area contributed by atoms with Gasteiger partial charge in [0.25, 0.3) is 5.69 Å². The molecule has 0 aliphatic carbocycles. The summed E-state index contributed by atoms with van der Waals surface area (Å²) in [6.07, 6.45) is 0.561. The number of non-ortho nitro benzene ring substituents is 1. The first-order chi connectivity index (χ1) is 13.0.